The lowest BCUT2D eigenvalue weighted by Crippen LogP contribution is -2.37. The molecule has 0 fully saturated rings. The third-order valence-corrected chi connectivity index (χ3v) is 2.42. The Morgan fingerprint density at radius 2 is 2.00 bits per heavy atom. The third-order valence-electron chi connectivity index (χ3n) is 2.25. The lowest BCUT2D eigenvalue weighted by molar-refractivity contribution is -0.127. The molecular formula is C10H16ClN5O2. The second kappa shape index (κ2) is 6.34. The third kappa shape index (κ3) is 3.69. The number of carbonyl (C=O) groups is 1. The Hall–Kier alpha value is -1.63. The number of ether oxygens (including phenoxy) is 1. The van der Waals surface area contributed by atoms with Crippen LogP contribution in [0.5, 0.6) is 6.01 Å². The monoisotopic (exact) mass is 273 g/mol. The fourth-order valence-corrected chi connectivity index (χ4v) is 1.33. The van der Waals surface area contributed by atoms with Gasteiger partial charge in [-0.05, 0) is 18.5 Å². The minimum atomic E-state index is -0.0487. The molecule has 1 aromatic rings. The summed E-state index contributed by atoms with van der Waals surface area (Å²) in [6.07, 6.45) is 0. The number of carbonyl (C=O) groups excluding carboxylic acids is 1. The van der Waals surface area contributed by atoms with Crippen molar-refractivity contribution in [2.45, 2.75) is 6.92 Å². The number of hydrogen-bond donors (Lipinski definition) is 0. The SMILES string of the molecule is CCN(CC(=O)N(C)C)c1nc(Cl)nc(OC)n1. The van der Waals surface area contributed by atoms with Crippen molar-refractivity contribution in [2.24, 2.45) is 0 Å². The van der Waals surface area contributed by atoms with Crippen LogP contribution >= 0.6 is 11.6 Å². The van der Waals surface area contributed by atoms with Gasteiger partial charge in [0.2, 0.25) is 17.1 Å². The average Bonchev–Trinajstić information content (AvgIpc) is 2.34. The number of amides is 1. The van der Waals surface area contributed by atoms with Crippen LogP contribution in [0.4, 0.5) is 5.95 Å². The van der Waals surface area contributed by atoms with Gasteiger partial charge in [-0.1, -0.05) is 0 Å². The van der Waals surface area contributed by atoms with E-state index in [1.54, 1.807) is 19.0 Å². The number of methoxy groups -OCH3 is 1. The first-order chi connectivity index (χ1) is 8.47. The minimum Gasteiger partial charge on any atom is -0.467 e. The molecule has 1 aromatic heterocycles. The first kappa shape index (κ1) is 14.4. The molecule has 0 saturated heterocycles. The standard InChI is InChI=1S/C10H16ClN5O2/c1-5-16(6-7(17)15(2)3)9-12-8(11)13-10(14-9)18-4/h5-6H2,1-4H3. The molecular weight excluding hydrogens is 258 g/mol. The number of halogens is 1. The van der Waals surface area contributed by atoms with E-state index in [4.69, 9.17) is 16.3 Å². The van der Waals surface area contributed by atoms with Gasteiger partial charge in [-0.2, -0.15) is 15.0 Å². The Morgan fingerprint density at radius 1 is 1.33 bits per heavy atom. The van der Waals surface area contributed by atoms with Gasteiger partial charge in [-0.15, -0.1) is 0 Å². The predicted molar refractivity (Wildman–Crippen MR) is 68.0 cm³/mol. The molecule has 0 saturated carbocycles. The van der Waals surface area contributed by atoms with Gasteiger partial charge in [0.15, 0.2) is 0 Å². The van der Waals surface area contributed by atoms with E-state index in [9.17, 15) is 4.79 Å². The van der Waals surface area contributed by atoms with E-state index in [1.807, 2.05) is 6.92 Å². The van der Waals surface area contributed by atoms with Crippen molar-refractivity contribution in [1.29, 1.82) is 0 Å². The zero-order chi connectivity index (χ0) is 13.7. The summed E-state index contributed by atoms with van der Waals surface area (Å²) in [5, 5.41) is 0.0348. The van der Waals surface area contributed by atoms with Crippen LogP contribution in [-0.2, 0) is 4.79 Å². The van der Waals surface area contributed by atoms with Crippen molar-refractivity contribution < 1.29 is 9.53 Å². The zero-order valence-electron chi connectivity index (χ0n) is 10.8. The maximum atomic E-state index is 11.7. The van der Waals surface area contributed by atoms with E-state index in [0.717, 1.165) is 0 Å². The molecule has 0 aromatic carbocycles. The van der Waals surface area contributed by atoms with Crippen molar-refractivity contribution in [2.75, 3.05) is 39.2 Å². The molecule has 8 heteroatoms. The number of anilines is 1. The fourth-order valence-electron chi connectivity index (χ4n) is 1.18. The van der Waals surface area contributed by atoms with Crippen LogP contribution in [0.3, 0.4) is 0 Å². The van der Waals surface area contributed by atoms with Crippen LogP contribution in [0.15, 0.2) is 0 Å². The lowest BCUT2D eigenvalue weighted by Gasteiger charge is -2.22. The van der Waals surface area contributed by atoms with Crippen LogP contribution in [0.1, 0.15) is 6.92 Å². The lowest BCUT2D eigenvalue weighted by atomic mass is 10.4. The first-order valence-electron chi connectivity index (χ1n) is 5.38. The van der Waals surface area contributed by atoms with E-state index in [0.29, 0.717) is 12.5 Å². The predicted octanol–water partition coefficient (Wildman–Crippen LogP) is 0.448. The molecule has 0 aliphatic carbocycles. The Balaban J connectivity index is 2.94. The van der Waals surface area contributed by atoms with Crippen molar-refractivity contribution in [3.8, 4) is 6.01 Å². The van der Waals surface area contributed by atoms with E-state index in [-0.39, 0.29) is 23.7 Å². The molecule has 0 spiro atoms. The summed E-state index contributed by atoms with van der Waals surface area (Å²) in [6, 6.07) is 0.126. The molecule has 18 heavy (non-hydrogen) atoms. The van der Waals surface area contributed by atoms with Gasteiger partial charge in [0.05, 0.1) is 13.7 Å². The average molecular weight is 274 g/mol. The van der Waals surface area contributed by atoms with Gasteiger partial charge in [0.25, 0.3) is 0 Å². The van der Waals surface area contributed by atoms with Crippen LogP contribution in [-0.4, -0.2) is 60.1 Å². The number of likely N-dealkylation sites (N-methyl/N-ethyl adjacent to an activating group) is 2. The van der Waals surface area contributed by atoms with Crippen LogP contribution in [0.25, 0.3) is 0 Å². The summed E-state index contributed by atoms with van der Waals surface area (Å²) in [6.45, 7) is 2.64. The van der Waals surface area contributed by atoms with Gasteiger partial charge in [0.1, 0.15) is 0 Å². The summed E-state index contributed by atoms with van der Waals surface area (Å²) >= 11 is 5.76. The molecule has 1 amide bonds. The molecule has 100 valence electrons. The highest BCUT2D eigenvalue weighted by molar-refractivity contribution is 6.28. The smallest absolute Gasteiger partial charge is 0.322 e. The highest BCUT2D eigenvalue weighted by atomic mass is 35.5. The minimum absolute atomic E-state index is 0.0348. The summed E-state index contributed by atoms with van der Waals surface area (Å²) in [5.74, 6) is 0.275. The largest absolute Gasteiger partial charge is 0.467 e. The Bertz CT molecular complexity index is 427. The van der Waals surface area contributed by atoms with Crippen LogP contribution < -0.4 is 9.64 Å². The summed E-state index contributed by atoms with van der Waals surface area (Å²) in [4.78, 5) is 26.7. The van der Waals surface area contributed by atoms with E-state index < -0.39 is 0 Å². The van der Waals surface area contributed by atoms with Gasteiger partial charge < -0.3 is 14.5 Å². The quantitative estimate of drug-likeness (QED) is 0.776. The molecule has 1 heterocycles. The number of aromatic nitrogens is 3. The molecule has 0 unspecified atom stereocenters. The van der Waals surface area contributed by atoms with Gasteiger partial charge in [-0.3, -0.25) is 4.79 Å². The van der Waals surface area contributed by atoms with Crippen molar-refractivity contribution in [3.63, 3.8) is 0 Å². The second-order valence-electron chi connectivity index (χ2n) is 3.69. The molecule has 1 rings (SSSR count). The molecule has 0 atom stereocenters. The molecule has 7 nitrogen and oxygen atoms in total. The molecule has 0 aliphatic rings. The Morgan fingerprint density at radius 3 is 2.50 bits per heavy atom. The maximum Gasteiger partial charge on any atom is 0.322 e. The van der Waals surface area contributed by atoms with E-state index in [2.05, 4.69) is 15.0 Å². The fraction of sp³-hybridized carbons (Fsp3) is 0.600. The maximum absolute atomic E-state index is 11.7. The van der Waals surface area contributed by atoms with Gasteiger partial charge >= 0.3 is 6.01 Å². The zero-order valence-corrected chi connectivity index (χ0v) is 11.6. The number of nitrogens with zero attached hydrogens (tertiary/aromatic N) is 5. The van der Waals surface area contributed by atoms with Crippen LogP contribution in [0.2, 0.25) is 5.28 Å². The number of rotatable bonds is 5. The Labute approximate surface area is 111 Å². The molecule has 0 aliphatic heterocycles. The topological polar surface area (TPSA) is 71.5 Å². The molecule has 0 N–H and O–H groups in total. The normalized spacial score (nSPS) is 10.1. The van der Waals surface area contributed by atoms with Crippen LogP contribution in [0, 0.1) is 0 Å². The number of hydrogen-bond acceptors (Lipinski definition) is 6. The van der Waals surface area contributed by atoms with Gasteiger partial charge in [0, 0.05) is 20.6 Å². The van der Waals surface area contributed by atoms with E-state index in [1.165, 1.54) is 12.0 Å². The van der Waals surface area contributed by atoms with Crippen molar-refractivity contribution in [1.82, 2.24) is 19.9 Å². The first-order valence-corrected chi connectivity index (χ1v) is 5.76. The van der Waals surface area contributed by atoms with Crippen molar-refractivity contribution in [3.05, 3.63) is 5.28 Å². The summed E-state index contributed by atoms with van der Waals surface area (Å²) in [7, 11) is 4.82. The highest BCUT2D eigenvalue weighted by Gasteiger charge is 2.16. The second-order valence-corrected chi connectivity index (χ2v) is 4.03. The van der Waals surface area contributed by atoms with Crippen molar-refractivity contribution >= 4 is 23.5 Å². The highest BCUT2D eigenvalue weighted by Crippen LogP contribution is 2.14. The van der Waals surface area contributed by atoms with E-state index >= 15 is 0 Å². The molecule has 0 radical (unpaired) electrons. The molecule has 0 bridgehead atoms. The van der Waals surface area contributed by atoms with Gasteiger partial charge in [-0.25, -0.2) is 0 Å². The Kier molecular flexibility index (Phi) is 5.08. The summed E-state index contributed by atoms with van der Waals surface area (Å²) in [5.41, 5.74) is 0. The summed E-state index contributed by atoms with van der Waals surface area (Å²) < 4.78 is 4.91.